The molecule has 3 aromatic carbocycles. The van der Waals surface area contributed by atoms with E-state index in [4.69, 9.17) is 14.2 Å². The van der Waals surface area contributed by atoms with Crippen LogP contribution in [0.3, 0.4) is 0 Å². The Bertz CT molecular complexity index is 2660. The summed E-state index contributed by atoms with van der Waals surface area (Å²) >= 11 is 2.75. The van der Waals surface area contributed by atoms with Gasteiger partial charge < -0.3 is 40.5 Å². The normalized spacial score (nSPS) is 11.0. The number of hydrogen-bond donors (Lipinski definition) is 7. The van der Waals surface area contributed by atoms with Gasteiger partial charge in [0, 0.05) is 37.9 Å². The van der Waals surface area contributed by atoms with Gasteiger partial charge in [0.05, 0.1) is 38.1 Å². The summed E-state index contributed by atoms with van der Waals surface area (Å²) in [6.07, 6.45) is 0. The Hall–Kier alpha value is -7.44. The van der Waals surface area contributed by atoms with Gasteiger partial charge in [0.2, 0.25) is 0 Å². The Morgan fingerprint density at radius 2 is 0.817 bits per heavy atom. The number of carbonyl (C=O) groups is 6. The van der Waals surface area contributed by atoms with E-state index in [1.807, 2.05) is 122 Å². The summed E-state index contributed by atoms with van der Waals surface area (Å²) in [5.41, 5.74) is 5.98. The summed E-state index contributed by atoms with van der Waals surface area (Å²) in [4.78, 5) is 77.4. The third kappa shape index (κ3) is 16.9. The van der Waals surface area contributed by atoms with E-state index in [9.17, 15) is 28.8 Å². The molecule has 0 aliphatic carbocycles. The number of H-pyrrole nitrogens is 1. The highest BCUT2D eigenvalue weighted by atomic mass is 32.1. The molecular formula is C53H65N7O9S2. The van der Waals surface area contributed by atoms with Crippen molar-refractivity contribution in [2.24, 2.45) is 0 Å². The lowest BCUT2D eigenvalue weighted by molar-refractivity contribution is 0.0588. The molecule has 0 aliphatic rings. The first-order valence-corrected chi connectivity index (χ1v) is 24.0. The van der Waals surface area contributed by atoms with Crippen molar-refractivity contribution in [2.45, 2.75) is 92.4 Å². The van der Waals surface area contributed by atoms with Crippen molar-refractivity contribution >= 4 is 91.4 Å². The van der Waals surface area contributed by atoms with Crippen LogP contribution in [-0.2, 0) is 30.5 Å². The van der Waals surface area contributed by atoms with Gasteiger partial charge in [-0.15, -0.1) is 22.7 Å². The third-order valence-electron chi connectivity index (χ3n) is 10.1. The lowest BCUT2D eigenvalue weighted by Gasteiger charge is -2.15. The molecule has 3 heterocycles. The molecule has 3 aromatic heterocycles. The molecule has 71 heavy (non-hydrogen) atoms. The molecule has 0 radical (unpaired) electrons. The van der Waals surface area contributed by atoms with Crippen LogP contribution < -0.4 is 31.9 Å². The van der Waals surface area contributed by atoms with E-state index in [0.29, 0.717) is 43.9 Å². The molecule has 0 spiro atoms. The second-order valence-electron chi connectivity index (χ2n) is 19.2. The van der Waals surface area contributed by atoms with Crippen LogP contribution in [0.15, 0.2) is 97.1 Å². The number of aromatic nitrogens is 1. The molecule has 0 saturated heterocycles. The summed E-state index contributed by atoms with van der Waals surface area (Å²) in [6, 6.07) is 28.1. The van der Waals surface area contributed by atoms with Gasteiger partial charge in [-0.3, -0.25) is 10.6 Å². The molecule has 6 aromatic rings. The van der Waals surface area contributed by atoms with E-state index in [0.717, 1.165) is 26.6 Å². The van der Waals surface area contributed by atoms with Gasteiger partial charge in [0.1, 0.15) is 15.7 Å². The van der Waals surface area contributed by atoms with Crippen molar-refractivity contribution in [3.05, 3.63) is 140 Å². The molecule has 0 aliphatic heterocycles. The number of hydrogen-bond acceptors (Lipinski definition) is 11. The van der Waals surface area contributed by atoms with Crippen LogP contribution in [0.2, 0.25) is 0 Å². The lowest BCUT2D eigenvalue weighted by atomic mass is 9.92. The molecule has 0 unspecified atom stereocenters. The minimum atomic E-state index is -0.531. The van der Waals surface area contributed by atoms with Crippen LogP contribution in [0.25, 0.3) is 0 Å². The standard InChI is InChI=1S/C18H23N3O3.C18H22N2O3S.C17H20N2O3S/c1-11-6-8-12(9-7-11)19-17(23)20-13-10-14(18(2,3)4)21-15(13)16(22)24-5;1-11-6-8-12(9-7-11)19-17(22)20-15-13(16(21)23-5)10-14(24-15)18(2,3)4;1-17(2,3)13-10-12(15(20)22-4)14(23-13)19-16(21)18-11-8-6-5-7-9-11/h6-10,21H,1-5H3,(H2,19,20,23);6-10H,1-5H3,(H2,19,20,22);5-10H,1-4H3,(H2,18,19,21). The zero-order valence-electron chi connectivity index (χ0n) is 42.7. The number of amides is 6. The van der Waals surface area contributed by atoms with Crippen LogP contribution in [0.1, 0.15) is 120 Å². The fourth-order valence-corrected chi connectivity index (χ4v) is 8.26. The largest absolute Gasteiger partial charge is 0.465 e. The Labute approximate surface area is 423 Å². The number of para-hydroxylation sites is 1. The number of aryl methyl sites for hydroxylation is 2. The first-order valence-electron chi connectivity index (χ1n) is 22.4. The van der Waals surface area contributed by atoms with Gasteiger partial charge in [-0.25, -0.2) is 28.8 Å². The SMILES string of the molecule is COC(=O)c1[nH]c(C(C)(C)C)cc1NC(=O)Nc1ccc(C)cc1.COC(=O)c1cc(C(C)(C)C)sc1NC(=O)Nc1ccc(C)cc1.COC(=O)c1cc(C(C)(C)C)sc1NC(=O)Nc1ccccc1. The van der Waals surface area contributed by atoms with E-state index < -0.39 is 36.0 Å². The number of nitrogens with one attached hydrogen (secondary N) is 7. The second-order valence-corrected chi connectivity index (χ2v) is 21.3. The fraction of sp³-hybridized carbons (Fsp3) is 0.321. The van der Waals surface area contributed by atoms with Crippen molar-refractivity contribution in [1.82, 2.24) is 4.98 Å². The topological polar surface area (TPSA) is 218 Å². The predicted octanol–water partition coefficient (Wildman–Crippen LogP) is 13.3. The molecule has 0 fully saturated rings. The van der Waals surface area contributed by atoms with E-state index in [-0.39, 0.29) is 21.9 Å². The number of methoxy groups -OCH3 is 3. The number of carbonyl (C=O) groups excluding carboxylic acids is 6. The predicted molar refractivity (Wildman–Crippen MR) is 286 cm³/mol. The molecule has 378 valence electrons. The highest BCUT2D eigenvalue weighted by molar-refractivity contribution is 7.17. The third-order valence-corrected chi connectivity index (χ3v) is 13.1. The van der Waals surface area contributed by atoms with Crippen molar-refractivity contribution in [3.8, 4) is 0 Å². The molecule has 0 atom stereocenters. The molecule has 6 rings (SSSR count). The fourth-order valence-electron chi connectivity index (χ4n) is 6.06. The molecule has 0 bridgehead atoms. The Morgan fingerprint density at radius 1 is 0.451 bits per heavy atom. The molecule has 18 heteroatoms. The maximum Gasteiger partial charge on any atom is 0.356 e. The zero-order valence-corrected chi connectivity index (χ0v) is 44.4. The summed E-state index contributed by atoms with van der Waals surface area (Å²) in [6.45, 7) is 22.3. The number of aromatic amines is 1. The van der Waals surface area contributed by atoms with Crippen LogP contribution >= 0.6 is 22.7 Å². The summed E-state index contributed by atoms with van der Waals surface area (Å²) in [5, 5.41) is 17.4. The van der Waals surface area contributed by atoms with Gasteiger partial charge in [0.25, 0.3) is 0 Å². The van der Waals surface area contributed by atoms with Crippen molar-refractivity contribution in [3.63, 3.8) is 0 Å². The van der Waals surface area contributed by atoms with Crippen molar-refractivity contribution in [2.75, 3.05) is 53.2 Å². The van der Waals surface area contributed by atoms with E-state index in [1.165, 1.54) is 44.0 Å². The minimum Gasteiger partial charge on any atom is -0.465 e. The molecule has 7 N–H and O–H groups in total. The summed E-state index contributed by atoms with van der Waals surface area (Å²) < 4.78 is 14.4. The van der Waals surface area contributed by atoms with Gasteiger partial charge >= 0.3 is 36.0 Å². The quantitative estimate of drug-likeness (QED) is 0.0540. The van der Waals surface area contributed by atoms with Gasteiger partial charge in [0.15, 0.2) is 0 Å². The minimum absolute atomic E-state index is 0.122. The smallest absolute Gasteiger partial charge is 0.356 e. The number of ether oxygens (including phenoxy) is 3. The van der Waals surface area contributed by atoms with Crippen molar-refractivity contribution in [1.29, 1.82) is 0 Å². The second kappa shape index (κ2) is 24.4. The summed E-state index contributed by atoms with van der Waals surface area (Å²) in [5.74, 6) is -1.46. The highest BCUT2D eigenvalue weighted by Crippen LogP contribution is 2.38. The average Bonchev–Trinajstić information content (AvgIpc) is 4.06. The number of urea groups is 3. The zero-order chi connectivity index (χ0) is 52.8. The van der Waals surface area contributed by atoms with Crippen LogP contribution in [0.4, 0.5) is 47.1 Å². The van der Waals surface area contributed by atoms with Crippen molar-refractivity contribution < 1.29 is 43.0 Å². The number of thiophene rings is 2. The maximum atomic E-state index is 12.2. The average molecular weight is 1010 g/mol. The Balaban J connectivity index is 0.000000231. The van der Waals surface area contributed by atoms with Gasteiger partial charge in [-0.1, -0.05) is 116 Å². The molecule has 0 saturated carbocycles. The van der Waals surface area contributed by atoms with Crippen LogP contribution in [-0.4, -0.2) is 62.3 Å². The number of rotatable bonds is 9. The Kier molecular flexibility index (Phi) is 19.3. The first kappa shape index (κ1) is 56.2. The van der Waals surface area contributed by atoms with E-state index in [1.54, 1.807) is 30.3 Å². The molecule has 6 amide bonds. The van der Waals surface area contributed by atoms with Gasteiger partial charge in [-0.2, -0.15) is 0 Å². The van der Waals surface area contributed by atoms with E-state index >= 15 is 0 Å². The lowest BCUT2D eigenvalue weighted by Crippen LogP contribution is -2.20. The van der Waals surface area contributed by atoms with E-state index in [2.05, 4.69) is 57.7 Å². The van der Waals surface area contributed by atoms with Gasteiger partial charge in [-0.05, 0) is 79.3 Å². The highest BCUT2D eigenvalue weighted by Gasteiger charge is 2.27. The number of esters is 3. The first-order chi connectivity index (χ1) is 33.2. The summed E-state index contributed by atoms with van der Waals surface area (Å²) in [7, 11) is 3.95. The Morgan fingerprint density at radius 3 is 1.17 bits per heavy atom. The molecular weight excluding hydrogens is 943 g/mol. The number of anilines is 6. The molecule has 16 nitrogen and oxygen atoms in total. The number of benzene rings is 3. The van der Waals surface area contributed by atoms with Crippen LogP contribution in [0.5, 0.6) is 0 Å². The maximum absolute atomic E-state index is 12.2. The monoisotopic (exact) mass is 1010 g/mol. The van der Waals surface area contributed by atoms with Crippen LogP contribution in [0, 0.1) is 13.8 Å².